The number of hydrogen-bond donors (Lipinski definition) is 0. The van der Waals surface area contributed by atoms with Crippen LogP contribution in [0, 0.1) is 11.7 Å². The van der Waals surface area contributed by atoms with Crippen LogP contribution in [0.3, 0.4) is 0 Å². The maximum Gasteiger partial charge on any atom is 0.161 e. The Hall–Kier alpha value is -1.48. The minimum absolute atomic E-state index is 0.00343. The molecule has 4 heteroatoms. The van der Waals surface area contributed by atoms with Gasteiger partial charge in [-0.15, -0.1) is 0 Å². The monoisotopic (exact) mass is 331 g/mol. The van der Waals surface area contributed by atoms with E-state index in [-0.39, 0.29) is 22.6 Å². The molecule has 2 unspecified atom stereocenters. The zero-order chi connectivity index (χ0) is 16.0. The fourth-order valence-corrected chi connectivity index (χ4v) is 4.50. The molecule has 1 heterocycles. The van der Waals surface area contributed by atoms with Crippen molar-refractivity contribution in [2.24, 2.45) is 10.9 Å². The molecule has 120 valence electrons. The van der Waals surface area contributed by atoms with Gasteiger partial charge >= 0.3 is 0 Å². The average molecular weight is 332 g/mol. The molecular formula is C19H19ClFNO. The Kier molecular flexibility index (Phi) is 3.84. The van der Waals surface area contributed by atoms with Crippen molar-refractivity contribution in [3.05, 3.63) is 45.9 Å². The van der Waals surface area contributed by atoms with E-state index in [0.29, 0.717) is 6.42 Å². The Labute approximate surface area is 140 Å². The molecule has 4 rings (SSSR count). The van der Waals surface area contributed by atoms with E-state index in [9.17, 15) is 9.18 Å². The quantitative estimate of drug-likeness (QED) is 0.694. The van der Waals surface area contributed by atoms with Gasteiger partial charge in [-0.05, 0) is 49.8 Å². The highest BCUT2D eigenvalue weighted by Crippen LogP contribution is 2.47. The van der Waals surface area contributed by atoms with Crippen molar-refractivity contribution in [3.63, 3.8) is 0 Å². The van der Waals surface area contributed by atoms with Crippen LogP contribution in [-0.4, -0.2) is 11.5 Å². The number of carbonyl (C=O) groups is 1. The van der Waals surface area contributed by atoms with Crippen LogP contribution in [-0.2, 0) is 4.79 Å². The number of benzene rings is 1. The summed E-state index contributed by atoms with van der Waals surface area (Å²) in [6.45, 7) is 0. The molecule has 1 fully saturated rings. The molecule has 2 nitrogen and oxygen atoms in total. The number of halogens is 2. The first-order valence-electron chi connectivity index (χ1n) is 8.44. The molecule has 2 aliphatic carbocycles. The zero-order valence-corrected chi connectivity index (χ0v) is 13.7. The lowest BCUT2D eigenvalue weighted by molar-refractivity contribution is -0.116. The Balaban J connectivity index is 1.86. The van der Waals surface area contributed by atoms with Crippen molar-refractivity contribution in [1.29, 1.82) is 0 Å². The molecule has 1 aromatic carbocycles. The van der Waals surface area contributed by atoms with E-state index < -0.39 is 5.82 Å². The second-order valence-corrected chi connectivity index (χ2v) is 7.15. The van der Waals surface area contributed by atoms with E-state index in [4.69, 9.17) is 16.6 Å². The van der Waals surface area contributed by atoms with Gasteiger partial charge in [-0.25, -0.2) is 4.39 Å². The van der Waals surface area contributed by atoms with Gasteiger partial charge in [0.2, 0.25) is 0 Å². The van der Waals surface area contributed by atoms with Crippen LogP contribution in [0.15, 0.2) is 34.5 Å². The van der Waals surface area contributed by atoms with Crippen molar-refractivity contribution in [3.8, 4) is 0 Å². The minimum atomic E-state index is -0.409. The van der Waals surface area contributed by atoms with E-state index in [0.717, 1.165) is 48.9 Å². The molecule has 2 atom stereocenters. The average Bonchev–Trinajstić information content (AvgIpc) is 2.56. The molecule has 3 aliphatic rings. The lowest BCUT2D eigenvalue weighted by Gasteiger charge is -2.38. The minimum Gasteiger partial charge on any atom is -0.294 e. The third-order valence-electron chi connectivity index (χ3n) is 5.35. The van der Waals surface area contributed by atoms with Gasteiger partial charge in [0.15, 0.2) is 5.78 Å². The van der Waals surface area contributed by atoms with E-state index >= 15 is 0 Å². The number of ketones is 1. The normalized spacial score (nSPS) is 27.4. The molecule has 23 heavy (non-hydrogen) atoms. The molecular weight excluding hydrogens is 313 g/mol. The Morgan fingerprint density at radius 2 is 2.00 bits per heavy atom. The molecule has 0 bridgehead atoms. The SMILES string of the molecule is O=C1CCCC2=C1C(c1ccc(F)c(Cl)c1)C1CCCCC1=N2. The summed E-state index contributed by atoms with van der Waals surface area (Å²) in [5, 5.41) is 0.132. The summed E-state index contributed by atoms with van der Waals surface area (Å²) >= 11 is 6.01. The number of fused-ring (bicyclic) bond motifs is 1. The molecule has 1 aromatic rings. The van der Waals surface area contributed by atoms with Crippen LogP contribution in [0.2, 0.25) is 5.02 Å². The maximum absolute atomic E-state index is 13.6. The van der Waals surface area contributed by atoms with Gasteiger partial charge in [0.1, 0.15) is 5.82 Å². The number of Topliss-reactive ketones (excluding diaryl/α,β-unsaturated/α-hetero) is 1. The summed E-state index contributed by atoms with van der Waals surface area (Å²) in [6, 6.07) is 4.90. The number of nitrogens with zero attached hydrogens (tertiary/aromatic N) is 1. The number of rotatable bonds is 1. The van der Waals surface area contributed by atoms with Crippen LogP contribution in [0.25, 0.3) is 0 Å². The van der Waals surface area contributed by atoms with Gasteiger partial charge < -0.3 is 0 Å². The topological polar surface area (TPSA) is 29.4 Å². The third kappa shape index (κ3) is 2.55. The highest BCUT2D eigenvalue weighted by Gasteiger charge is 2.40. The van der Waals surface area contributed by atoms with Gasteiger partial charge in [-0.3, -0.25) is 9.79 Å². The van der Waals surface area contributed by atoms with E-state index in [2.05, 4.69) is 0 Å². The largest absolute Gasteiger partial charge is 0.294 e. The Morgan fingerprint density at radius 1 is 1.13 bits per heavy atom. The summed E-state index contributed by atoms with van der Waals surface area (Å²) in [5.41, 5.74) is 4.03. The first-order valence-corrected chi connectivity index (χ1v) is 8.81. The molecule has 0 radical (unpaired) electrons. The number of aliphatic imine (C=N–C) groups is 1. The molecule has 0 amide bonds. The highest BCUT2D eigenvalue weighted by atomic mass is 35.5. The Morgan fingerprint density at radius 3 is 2.83 bits per heavy atom. The lowest BCUT2D eigenvalue weighted by Crippen LogP contribution is -2.34. The van der Waals surface area contributed by atoms with Crippen molar-refractivity contribution < 1.29 is 9.18 Å². The van der Waals surface area contributed by atoms with Crippen LogP contribution in [0.4, 0.5) is 4.39 Å². The fourth-order valence-electron chi connectivity index (χ4n) is 4.32. The molecule has 0 saturated heterocycles. The second-order valence-electron chi connectivity index (χ2n) is 6.74. The molecule has 1 saturated carbocycles. The number of hydrogen-bond acceptors (Lipinski definition) is 2. The van der Waals surface area contributed by atoms with Gasteiger partial charge in [0, 0.05) is 35.2 Å². The summed E-state index contributed by atoms with van der Waals surface area (Å²) in [7, 11) is 0. The molecule has 1 aliphatic heterocycles. The van der Waals surface area contributed by atoms with Crippen molar-refractivity contribution in [2.45, 2.75) is 50.9 Å². The number of allylic oxidation sites excluding steroid dienone is 2. The summed E-state index contributed by atoms with van der Waals surface area (Å²) in [5.74, 6) is 0.0767. The van der Waals surface area contributed by atoms with E-state index in [1.165, 1.54) is 18.2 Å². The summed E-state index contributed by atoms with van der Waals surface area (Å²) in [4.78, 5) is 17.5. The maximum atomic E-state index is 13.6. The molecule has 0 spiro atoms. The van der Waals surface area contributed by atoms with Crippen molar-refractivity contribution >= 4 is 23.1 Å². The summed E-state index contributed by atoms with van der Waals surface area (Å²) in [6.07, 6.45) is 6.75. The predicted octanol–water partition coefficient (Wildman–Crippen LogP) is 5.21. The zero-order valence-electron chi connectivity index (χ0n) is 12.9. The van der Waals surface area contributed by atoms with Crippen molar-refractivity contribution in [1.82, 2.24) is 0 Å². The standard InChI is InChI=1S/C19H19ClFNO/c20-13-10-11(8-9-14(13)21)18-12-4-1-2-5-15(12)22-16-6-3-7-17(23)19(16)18/h8-10,12,18H,1-7H2. The van der Waals surface area contributed by atoms with E-state index in [1.54, 1.807) is 12.1 Å². The van der Waals surface area contributed by atoms with E-state index in [1.807, 2.05) is 0 Å². The summed E-state index contributed by atoms with van der Waals surface area (Å²) < 4.78 is 13.6. The van der Waals surface area contributed by atoms with Gasteiger partial charge in [-0.1, -0.05) is 24.1 Å². The smallest absolute Gasteiger partial charge is 0.161 e. The molecule has 0 aromatic heterocycles. The second kappa shape index (κ2) is 5.86. The lowest BCUT2D eigenvalue weighted by atomic mass is 9.67. The first-order chi connectivity index (χ1) is 11.1. The fraction of sp³-hybridized carbons (Fsp3) is 0.474. The van der Waals surface area contributed by atoms with Crippen molar-refractivity contribution in [2.75, 3.05) is 0 Å². The molecule has 0 N–H and O–H groups in total. The predicted molar refractivity (Wildman–Crippen MR) is 89.4 cm³/mol. The van der Waals surface area contributed by atoms with Crippen LogP contribution in [0.1, 0.15) is 56.4 Å². The van der Waals surface area contributed by atoms with Gasteiger partial charge in [0.05, 0.1) is 5.02 Å². The first kappa shape index (κ1) is 15.1. The van der Waals surface area contributed by atoms with Gasteiger partial charge in [0.25, 0.3) is 0 Å². The highest BCUT2D eigenvalue weighted by molar-refractivity contribution is 6.30. The van der Waals surface area contributed by atoms with Gasteiger partial charge in [-0.2, -0.15) is 0 Å². The third-order valence-corrected chi connectivity index (χ3v) is 5.64. The number of carbonyl (C=O) groups excluding carboxylic acids is 1. The van der Waals surface area contributed by atoms with Crippen LogP contribution >= 0.6 is 11.6 Å². The Bertz CT molecular complexity index is 737. The van der Waals surface area contributed by atoms with Crippen LogP contribution < -0.4 is 0 Å². The van der Waals surface area contributed by atoms with Crippen LogP contribution in [0.5, 0.6) is 0 Å².